The van der Waals surface area contributed by atoms with E-state index >= 15 is 0 Å². The Bertz CT molecular complexity index is 501. The first-order valence-electron chi connectivity index (χ1n) is 6.63. The lowest BCUT2D eigenvalue weighted by molar-refractivity contribution is -0.135. The zero-order valence-corrected chi connectivity index (χ0v) is 12.2. The fourth-order valence-electron chi connectivity index (χ4n) is 2.58. The predicted molar refractivity (Wildman–Crippen MR) is 81.0 cm³/mol. The number of hydrogen-bond donors (Lipinski definition) is 1. The number of carbonyl (C=O) groups excluding carboxylic acids is 1. The number of amides is 1. The Morgan fingerprint density at radius 1 is 1.42 bits per heavy atom. The molecule has 0 saturated carbocycles. The van der Waals surface area contributed by atoms with E-state index in [9.17, 15) is 4.79 Å². The lowest BCUT2D eigenvalue weighted by Crippen LogP contribution is -2.46. The summed E-state index contributed by atoms with van der Waals surface area (Å²) in [5, 5.41) is 0. The zero-order chi connectivity index (χ0) is 14.0. The van der Waals surface area contributed by atoms with Crippen molar-refractivity contribution in [3.63, 3.8) is 0 Å². The highest BCUT2D eigenvalue weighted by atomic mass is 32.1. The summed E-state index contributed by atoms with van der Waals surface area (Å²) in [5.74, 6) is 0.200. The number of aryl methyl sites for hydroxylation is 1. The maximum atomic E-state index is 12.5. The lowest BCUT2D eigenvalue weighted by Gasteiger charge is -2.31. The van der Waals surface area contributed by atoms with Crippen LogP contribution in [0.4, 0.5) is 0 Å². The first kappa shape index (κ1) is 14.0. The van der Waals surface area contributed by atoms with E-state index in [4.69, 9.17) is 18.0 Å². The van der Waals surface area contributed by atoms with Crippen molar-refractivity contribution in [3.8, 4) is 0 Å². The van der Waals surface area contributed by atoms with Crippen LogP contribution in [0.15, 0.2) is 24.3 Å². The van der Waals surface area contributed by atoms with Crippen LogP contribution in [-0.4, -0.2) is 28.9 Å². The molecule has 2 atom stereocenters. The average molecular weight is 276 g/mol. The molecule has 0 aliphatic heterocycles. The molecule has 0 heterocycles. The minimum Gasteiger partial charge on any atom is -0.392 e. The normalized spacial score (nSPS) is 19.4. The van der Waals surface area contributed by atoms with Gasteiger partial charge >= 0.3 is 0 Å². The molecule has 1 aromatic rings. The summed E-state index contributed by atoms with van der Waals surface area (Å²) in [4.78, 5) is 14.5. The molecule has 2 unspecified atom stereocenters. The van der Waals surface area contributed by atoms with Gasteiger partial charge < -0.3 is 10.6 Å². The van der Waals surface area contributed by atoms with Gasteiger partial charge in [0.15, 0.2) is 0 Å². The van der Waals surface area contributed by atoms with Gasteiger partial charge in [-0.2, -0.15) is 0 Å². The van der Waals surface area contributed by atoms with Crippen molar-refractivity contribution in [2.45, 2.75) is 32.2 Å². The van der Waals surface area contributed by atoms with E-state index in [2.05, 4.69) is 18.2 Å². The van der Waals surface area contributed by atoms with Crippen LogP contribution in [0, 0.1) is 5.92 Å². The number of hydrogen-bond acceptors (Lipinski definition) is 2. The predicted octanol–water partition coefficient (Wildman–Crippen LogP) is 1.92. The minimum atomic E-state index is -0.181. The number of rotatable bonds is 3. The molecule has 3 nitrogen and oxygen atoms in total. The highest BCUT2D eigenvalue weighted by Gasteiger charge is 2.29. The molecular formula is C15H20N2OS. The second-order valence-electron chi connectivity index (χ2n) is 5.24. The molecule has 2 N–H and O–H groups in total. The van der Waals surface area contributed by atoms with Crippen LogP contribution in [0.5, 0.6) is 0 Å². The fraction of sp³-hybridized carbons (Fsp3) is 0.467. The SMILES string of the molecule is CC(C(N)=S)N(C)C(=O)C1CCc2ccccc2C1. The molecule has 0 radical (unpaired) electrons. The van der Waals surface area contributed by atoms with E-state index in [0.29, 0.717) is 4.99 Å². The van der Waals surface area contributed by atoms with E-state index in [-0.39, 0.29) is 17.9 Å². The van der Waals surface area contributed by atoms with Gasteiger partial charge in [-0.15, -0.1) is 0 Å². The van der Waals surface area contributed by atoms with Gasteiger partial charge in [0.05, 0.1) is 11.0 Å². The van der Waals surface area contributed by atoms with Crippen molar-refractivity contribution in [1.82, 2.24) is 4.90 Å². The largest absolute Gasteiger partial charge is 0.392 e. The summed E-state index contributed by atoms with van der Waals surface area (Å²) in [6, 6.07) is 8.18. The van der Waals surface area contributed by atoms with Gasteiger partial charge in [-0.25, -0.2) is 0 Å². The Labute approximate surface area is 119 Å². The third-order valence-electron chi connectivity index (χ3n) is 4.04. The summed E-state index contributed by atoms with van der Waals surface area (Å²) in [5.41, 5.74) is 8.29. The summed E-state index contributed by atoms with van der Waals surface area (Å²) in [7, 11) is 1.78. The fourth-order valence-corrected chi connectivity index (χ4v) is 2.74. The maximum Gasteiger partial charge on any atom is 0.226 e. The number of carbonyl (C=O) groups is 1. The monoisotopic (exact) mass is 276 g/mol. The maximum absolute atomic E-state index is 12.5. The molecule has 2 rings (SSSR count). The number of thiocarbonyl (C=S) groups is 1. The number of likely N-dealkylation sites (N-methyl/N-ethyl adjacent to an activating group) is 1. The van der Waals surface area contributed by atoms with Crippen molar-refractivity contribution >= 4 is 23.1 Å². The highest BCUT2D eigenvalue weighted by molar-refractivity contribution is 7.80. The molecule has 0 spiro atoms. The quantitative estimate of drug-likeness (QED) is 0.858. The molecule has 102 valence electrons. The number of fused-ring (bicyclic) bond motifs is 1. The minimum absolute atomic E-state index is 0.0525. The zero-order valence-electron chi connectivity index (χ0n) is 11.4. The standard InChI is InChI=1S/C15H20N2OS/c1-10(14(16)19)17(2)15(18)13-8-7-11-5-3-4-6-12(11)9-13/h3-6,10,13H,7-9H2,1-2H3,(H2,16,19). The first-order valence-corrected chi connectivity index (χ1v) is 7.04. The highest BCUT2D eigenvalue weighted by Crippen LogP contribution is 2.26. The molecule has 0 aromatic heterocycles. The summed E-state index contributed by atoms with van der Waals surface area (Å²) in [6.45, 7) is 1.87. The lowest BCUT2D eigenvalue weighted by atomic mass is 9.83. The van der Waals surface area contributed by atoms with Crippen LogP contribution >= 0.6 is 12.2 Å². The Morgan fingerprint density at radius 3 is 2.68 bits per heavy atom. The molecule has 0 saturated heterocycles. The second-order valence-corrected chi connectivity index (χ2v) is 5.71. The molecule has 4 heteroatoms. The molecule has 19 heavy (non-hydrogen) atoms. The smallest absolute Gasteiger partial charge is 0.226 e. The van der Waals surface area contributed by atoms with Crippen molar-refractivity contribution in [1.29, 1.82) is 0 Å². The van der Waals surface area contributed by atoms with Crippen LogP contribution in [-0.2, 0) is 17.6 Å². The Morgan fingerprint density at radius 2 is 2.05 bits per heavy atom. The molecule has 1 amide bonds. The average Bonchev–Trinajstić information content (AvgIpc) is 2.44. The Hall–Kier alpha value is -1.42. The Balaban J connectivity index is 2.08. The van der Waals surface area contributed by atoms with E-state index in [1.807, 2.05) is 13.0 Å². The molecule has 0 bridgehead atoms. The van der Waals surface area contributed by atoms with Crippen LogP contribution in [0.1, 0.15) is 24.5 Å². The van der Waals surface area contributed by atoms with Crippen LogP contribution in [0.3, 0.4) is 0 Å². The van der Waals surface area contributed by atoms with Crippen molar-refractivity contribution in [3.05, 3.63) is 35.4 Å². The topological polar surface area (TPSA) is 46.3 Å². The van der Waals surface area contributed by atoms with E-state index in [1.165, 1.54) is 11.1 Å². The van der Waals surface area contributed by atoms with Gasteiger partial charge in [0.1, 0.15) is 0 Å². The van der Waals surface area contributed by atoms with Crippen LogP contribution in [0.25, 0.3) is 0 Å². The first-order chi connectivity index (χ1) is 9.00. The third kappa shape index (κ3) is 2.95. The molecule has 1 aromatic carbocycles. The van der Waals surface area contributed by atoms with Crippen LogP contribution in [0.2, 0.25) is 0 Å². The molecule has 0 fully saturated rings. The summed E-state index contributed by atoms with van der Waals surface area (Å²) >= 11 is 4.96. The van der Waals surface area contributed by atoms with Crippen LogP contribution < -0.4 is 5.73 Å². The summed E-state index contributed by atoms with van der Waals surface area (Å²) in [6.07, 6.45) is 2.70. The van der Waals surface area contributed by atoms with Gasteiger partial charge in [-0.05, 0) is 37.3 Å². The Kier molecular flexibility index (Phi) is 4.20. The van der Waals surface area contributed by atoms with Gasteiger partial charge in [0, 0.05) is 13.0 Å². The molecular weight excluding hydrogens is 256 g/mol. The number of nitrogens with zero attached hydrogens (tertiary/aromatic N) is 1. The van der Waals surface area contributed by atoms with Gasteiger partial charge in [0.25, 0.3) is 0 Å². The van der Waals surface area contributed by atoms with Crippen molar-refractivity contribution < 1.29 is 4.79 Å². The van der Waals surface area contributed by atoms with Gasteiger partial charge in [-0.3, -0.25) is 4.79 Å². The molecule has 1 aliphatic rings. The second kappa shape index (κ2) is 5.70. The third-order valence-corrected chi connectivity index (χ3v) is 4.38. The van der Waals surface area contributed by atoms with E-state index in [0.717, 1.165) is 19.3 Å². The number of nitrogens with two attached hydrogens (primary N) is 1. The van der Waals surface area contributed by atoms with E-state index in [1.54, 1.807) is 11.9 Å². The van der Waals surface area contributed by atoms with Crippen molar-refractivity contribution in [2.24, 2.45) is 11.7 Å². The van der Waals surface area contributed by atoms with Gasteiger partial charge in [-0.1, -0.05) is 36.5 Å². The van der Waals surface area contributed by atoms with Crippen molar-refractivity contribution in [2.75, 3.05) is 7.05 Å². The van der Waals surface area contributed by atoms with E-state index < -0.39 is 0 Å². The molecule has 1 aliphatic carbocycles. The summed E-state index contributed by atoms with van der Waals surface area (Å²) < 4.78 is 0. The number of benzene rings is 1. The van der Waals surface area contributed by atoms with Gasteiger partial charge in [0.2, 0.25) is 5.91 Å².